The Kier molecular flexibility index (Phi) is 6.58. The molecule has 0 atom stereocenters. The molecule has 29 heavy (non-hydrogen) atoms. The smallest absolute Gasteiger partial charge is 0.271 e. The summed E-state index contributed by atoms with van der Waals surface area (Å²) >= 11 is 0. The van der Waals surface area contributed by atoms with Crippen LogP contribution in [-0.2, 0) is 11.8 Å². The van der Waals surface area contributed by atoms with E-state index in [4.69, 9.17) is 0 Å². The van der Waals surface area contributed by atoms with Crippen LogP contribution < -0.4 is 10.6 Å². The van der Waals surface area contributed by atoms with Gasteiger partial charge in [0.05, 0.1) is 11.9 Å². The highest BCUT2D eigenvalue weighted by Gasteiger charge is 2.20. The maximum Gasteiger partial charge on any atom is 0.271 e. The Bertz CT molecular complexity index is 1010. The van der Waals surface area contributed by atoms with Crippen LogP contribution in [0.5, 0.6) is 0 Å². The summed E-state index contributed by atoms with van der Waals surface area (Å²) in [6.07, 6.45) is 4.14. The van der Waals surface area contributed by atoms with E-state index in [1.807, 2.05) is 73.7 Å². The van der Waals surface area contributed by atoms with E-state index in [2.05, 4.69) is 15.7 Å². The number of rotatable bonds is 7. The lowest BCUT2D eigenvalue weighted by molar-refractivity contribution is -0.111. The number of carbonyl (C=O) groups excluding carboxylic acids is 2. The molecule has 2 aromatic carbocycles. The zero-order valence-corrected chi connectivity index (χ0v) is 16.6. The molecule has 0 fully saturated rings. The number of hydrogen-bond acceptors (Lipinski definition) is 3. The molecule has 1 heterocycles. The standard InChI is InChI=1S/C23H24N4O2/c1-3-14-24-23(29)21-20(16-25-27(21)2)26-22(28)19(18-12-8-5-9-13-18)15-17-10-6-4-7-11-17/h4-13,15-16H,3,14H2,1-2H3,(H,24,29)(H,26,28)/b19-15-. The third-order valence-electron chi connectivity index (χ3n) is 4.38. The van der Waals surface area contributed by atoms with Gasteiger partial charge in [-0.2, -0.15) is 5.10 Å². The molecule has 0 bridgehead atoms. The predicted octanol–water partition coefficient (Wildman–Crippen LogP) is 3.74. The molecule has 148 valence electrons. The minimum absolute atomic E-state index is 0.268. The molecule has 0 aliphatic rings. The second-order valence-electron chi connectivity index (χ2n) is 6.58. The van der Waals surface area contributed by atoms with Crippen LogP contribution in [0.3, 0.4) is 0 Å². The summed E-state index contributed by atoms with van der Waals surface area (Å²) in [5.74, 6) is -0.576. The molecule has 0 saturated carbocycles. The molecule has 3 rings (SSSR count). The van der Waals surface area contributed by atoms with Crippen LogP contribution in [0.2, 0.25) is 0 Å². The lowest BCUT2D eigenvalue weighted by Crippen LogP contribution is -2.27. The summed E-state index contributed by atoms with van der Waals surface area (Å²) in [6.45, 7) is 2.54. The third-order valence-corrected chi connectivity index (χ3v) is 4.38. The van der Waals surface area contributed by atoms with Crippen LogP contribution in [0.25, 0.3) is 11.6 Å². The first-order chi connectivity index (χ1) is 14.1. The minimum atomic E-state index is -0.308. The first kappa shape index (κ1) is 20.1. The van der Waals surface area contributed by atoms with Gasteiger partial charge in [-0.3, -0.25) is 14.3 Å². The van der Waals surface area contributed by atoms with Crippen molar-refractivity contribution in [1.82, 2.24) is 15.1 Å². The highest BCUT2D eigenvalue weighted by atomic mass is 16.2. The average molecular weight is 388 g/mol. The average Bonchev–Trinajstić information content (AvgIpc) is 3.11. The minimum Gasteiger partial charge on any atom is -0.351 e. The van der Waals surface area contributed by atoms with E-state index in [1.165, 1.54) is 10.9 Å². The third kappa shape index (κ3) is 4.99. The van der Waals surface area contributed by atoms with Crippen molar-refractivity contribution in [3.8, 4) is 0 Å². The number of aryl methyl sites for hydroxylation is 1. The zero-order chi connectivity index (χ0) is 20.6. The number of anilines is 1. The van der Waals surface area contributed by atoms with Crippen LogP contribution in [-0.4, -0.2) is 28.1 Å². The Hall–Kier alpha value is -3.67. The van der Waals surface area contributed by atoms with E-state index in [0.717, 1.165) is 17.5 Å². The first-order valence-electron chi connectivity index (χ1n) is 9.54. The molecule has 6 nitrogen and oxygen atoms in total. The van der Waals surface area contributed by atoms with Gasteiger partial charge < -0.3 is 10.6 Å². The number of amides is 2. The van der Waals surface area contributed by atoms with E-state index in [9.17, 15) is 9.59 Å². The van der Waals surface area contributed by atoms with Gasteiger partial charge in [0.2, 0.25) is 0 Å². The number of nitrogens with one attached hydrogen (secondary N) is 2. The van der Waals surface area contributed by atoms with Gasteiger partial charge in [-0.15, -0.1) is 0 Å². The van der Waals surface area contributed by atoms with E-state index >= 15 is 0 Å². The van der Waals surface area contributed by atoms with Crippen LogP contribution in [0.4, 0.5) is 5.69 Å². The molecule has 2 N–H and O–H groups in total. The van der Waals surface area contributed by atoms with Crippen molar-refractivity contribution in [3.05, 3.63) is 83.7 Å². The summed E-state index contributed by atoms with van der Waals surface area (Å²) in [6, 6.07) is 19.1. The van der Waals surface area contributed by atoms with Crippen molar-refractivity contribution in [2.45, 2.75) is 13.3 Å². The number of aromatic nitrogens is 2. The van der Waals surface area contributed by atoms with Crippen LogP contribution >= 0.6 is 0 Å². The van der Waals surface area contributed by atoms with E-state index in [-0.39, 0.29) is 11.8 Å². The van der Waals surface area contributed by atoms with Gasteiger partial charge in [0, 0.05) is 19.2 Å². The van der Waals surface area contributed by atoms with Gasteiger partial charge in [-0.05, 0) is 23.6 Å². The van der Waals surface area contributed by atoms with Crippen LogP contribution in [0, 0.1) is 0 Å². The molecular formula is C23H24N4O2. The fraction of sp³-hybridized carbons (Fsp3) is 0.174. The summed E-state index contributed by atoms with van der Waals surface area (Å²) in [4.78, 5) is 25.6. The lowest BCUT2D eigenvalue weighted by atomic mass is 10.0. The molecule has 0 unspecified atom stereocenters. The maximum atomic E-state index is 13.2. The van der Waals surface area contributed by atoms with Crippen molar-refractivity contribution in [2.75, 3.05) is 11.9 Å². The number of hydrogen-bond donors (Lipinski definition) is 2. The Balaban J connectivity index is 1.93. The Labute approximate surface area is 170 Å². The topological polar surface area (TPSA) is 76.0 Å². The summed E-state index contributed by atoms with van der Waals surface area (Å²) in [7, 11) is 1.68. The van der Waals surface area contributed by atoms with Gasteiger partial charge in [-0.25, -0.2) is 0 Å². The van der Waals surface area contributed by atoms with Crippen molar-refractivity contribution >= 4 is 29.2 Å². The van der Waals surface area contributed by atoms with Crippen molar-refractivity contribution in [3.63, 3.8) is 0 Å². The molecule has 0 spiro atoms. The highest BCUT2D eigenvalue weighted by molar-refractivity contribution is 6.29. The molecule has 3 aromatic rings. The summed E-state index contributed by atoms with van der Waals surface area (Å²) in [5, 5.41) is 9.82. The lowest BCUT2D eigenvalue weighted by Gasteiger charge is -2.11. The Morgan fingerprint density at radius 3 is 2.34 bits per heavy atom. The largest absolute Gasteiger partial charge is 0.351 e. The van der Waals surface area contributed by atoms with Crippen molar-refractivity contribution in [1.29, 1.82) is 0 Å². The fourth-order valence-electron chi connectivity index (χ4n) is 2.92. The molecule has 2 amide bonds. The summed E-state index contributed by atoms with van der Waals surface area (Å²) in [5.41, 5.74) is 2.89. The van der Waals surface area contributed by atoms with E-state index < -0.39 is 0 Å². The quantitative estimate of drug-likeness (QED) is 0.478. The van der Waals surface area contributed by atoms with E-state index in [1.54, 1.807) is 7.05 Å². The fourth-order valence-corrected chi connectivity index (χ4v) is 2.92. The molecule has 0 saturated heterocycles. The molecule has 0 radical (unpaired) electrons. The zero-order valence-electron chi connectivity index (χ0n) is 16.6. The number of benzene rings is 2. The SMILES string of the molecule is CCCNC(=O)c1c(NC(=O)/C(=C\c2ccccc2)c2ccccc2)cnn1C. The van der Waals surface area contributed by atoms with Crippen molar-refractivity contribution < 1.29 is 9.59 Å². The van der Waals surface area contributed by atoms with Gasteiger partial charge in [0.25, 0.3) is 11.8 Å². The number of nitrogens with zero attached hydrogens (tertiary/aromatic N) is 2. The van der Waals surface area contributed by atoms with Crippen molar-refractivity contribution in [2.24, 2.45) is 7.05 Å². The Morgan fingerprint density at radius 1 is 1.03 bits per heavy atom. The van der Waals surface area contributed by atoms with Gasteiger partial charge in [0.1, 0.15) is 5.69 Å². The molecule has 0 aliphatic heterocycles. The Morgan fingerprint density at radius 2 is 1.69 bits per heavy atom. The van der Waals surface area contributed by atoms with Gasteiger partial charge >= 0.3 is 0 Å². The monoisotopic (exact) mass is 388 g/mol. The first-order valence-corrected chi connectivity index (χ1v) is 9.54. The second kappa shape index (κ2) is 9.50. The normalized spacial score (nSPS) is 11.2. The molecular weight excluding hydrogens is 364 g/mol. The molecule has 0 aliphatic carbocycles. The molecule has 6 heteroatoms. The van der Waals surface area contributed by atoms with Gasteiger partial charge in [0.15, 0.2) is 0 Å². The maximum absolute atomic E-state index is 13.2. The summed E-state index contributed by atoms with van der Waals surface area (Å²) < 4.78 is 1.46. The molecule has 1 aromatic heterocycles. The highest BCUT2D eigenvalue weighted by Crippen LogP contribution is 2.22. The second-order valence-corrected chi connectivity index (χ2v) is 6.58. The van der Waals surface area contributed by atoms with Gasteiger partial charge in [-0.1, -0.05) is 67.6 Å². The van der Waals surface area contributed by atoms with Crippen LogP contribution in [0.1, 0.15) is 35.0 Å². The predicted molar refractivity (Wildman–Crippen MR) is 115 cm³/mol. The number of carbonyl (C=O) groups is 2. The van der Waals surface area contributed by atoms with E-state index in [0.29, 0.717) is 23.5 Å². The van der Waals surface area contributed by atoms with Crippen LogP contribution in [0.15, 0.2) is 66.9 Å².